The molecule has 2 saturated heterocycles. The Bertz CT molecular complexity index is 2430. The summed E-state index contributed by atoms with van der Waals surface area (Å²) in [5, 5.41) is 2.13. The number of halogens is 9. The smallest absolute Gasteiger partial charge is 0.335 e. The topological polar surface area (TPSA) is 77.1 Å². The molecule has 0 aliphatic carbocycles. The Kier molecular flexibility index (Phi) is 11.2. The second kappa shape index (κ2) is 16.2. The van der Waals surface area contributed by atoms with Crippen molar-refractivity contribution in [2.75, 3.05) is 44.2 Å². The number of carbonyl (C=O) groups is 3. The lowest BCUT2D eigenvalue weighted by molar-refractivity contribution is -0.138. The van der Waals surface area contributed by atoms with Crippen LogP contribution in [0.3, 0.4) is 0 Å². The van der Waals surface area contributed by atoms with E-state index in [1.54, 1.807) is 21.4 Å². The molecule has 62 heavy (non-hydrogen) atoms. The van der Waals surface area contributed by atoms with E-state index < -0.39 is 71.8 Å². The number of fused-ring (bicyclic) bond motifs is 1. The molecule has 0 radical (unpaired) electrons. The van der Waals surface area contributed by atoms with Gasteiger partial charge in [-0.2, -0.15) is 39.5 Å². The highest BCUT2D eigenvalue weighted by atomic mass is 32.1. The lowest BCUT2D eigenvalue weighted by atomic mass is 9.71. The van der Waals surface area contributed by atoms with Crippen molar-refractivity contribution in [3.8, 4) is 0 Å². The molecule has 1 aromatic heterocycles. The molecule has 2 fully saturated rings. The molecule has 5 aromatic rings. The molecule has 0 saturated carbocycles. The maximum atomic E-state index is 15.1. The Hall–Kier alpha value is -5.75. The second-order valence-corrected chi connectivity index (χ2v) is 16.6. The molecule has 3 aliphatic heterocycles. The van der Waals surface area contributed by atoms with Crippen molar-refractivity contribution in [3.63, 3.8) is 0 Å². The molecule has 0 bridgehead atoms. The summed E-state index contributed by atoms with van der Waals surface area (Å²) in [5.41, 5.74) is -4.48. The van der Waals surface area contributed by atoms with E-state index in [0.29, 0.717) is 44.3 Å². The van der Waals surface area contributed by atoms with Crippen molar-refractivity contribution in [3.05, 3.63) is 152 Å². The molecule has 0 unspecified atom stereocenters. The van der Waals surface area contributed by atoms with Crippen LogP contribution < -0.4 is 4.90 Å². The zero-order chi connectivity index (χ0) is 44.2. The summed E-state index contributed by atoms with van der Waals surface area (Å²) in [4.78, 5) is 52.8. The molecule has 8 rings (SSSR count). The maximum absolute atomic E-state index is 15.1. The number of nitrogens with zero attached hydrogens (tertiary/aromatic N) is 5. The number of hydrogen-bond donors (Lipinski definition) is 0. The molecular weight excluding hydrogens is 850 g/mol. The minimum Gasteiger partial charge on any atom is -0.335 e. The van der Waals surface area contributed by atoms with E-state index in [4.69, 9.17) is 0 Å². The van der Waals surface area contributed by atoms with Gasteiger partial charge >= 0.3 is 18.5 Å². The monoisotopic (exact) mass is 885 g/mol. The predicted molar refractivity (Wildman–Crippen MR) is 210 cm³/mol. The normalized spacial score (nSPS) is 17.3. The zero-order valence-electron chi connectivity index (χ0n) is 32.5. The number of amides is 3. The molecule has 18 heteroatoms. The Labute approximate surface area is 353 Å². The maximum Gasteiger partial charge on any atom is 0.416 e. The number of piperazine rings is 1. The fourth-order valence-corrected chi connectivity index (χ4v) is 9.16. The van der Waals surface area contributed by atoms with Gasteiger partial charge in [-0.15, -0.1) is 11.3 Å². The van der Waals surface area contributed by atoms with Crippen LogP contribution in [0.4, 0.5) is 45.2 Å². The average molecular weight is 886 g/mol. The number of thiazole rings is 1. The molecule has 4 aromatic carbocycles. The molecule has 3 amide bonds. The van der Waals surface area contributed by atoms with Crippen molar-refractivity contribution in [2.45, 2.75) is 49.4 Å². The third-order valence-electron chi connectivity index (χ3n) is 11.7. The summed E-state index contributed by atoms with van der Waals surface area (Å²) in [6, 6.07) is 17.0. The van der Waals surface area contributed by atoms with E-state index in [-0.39, 0.29) is 45.5 Å². The fraction of sp³-hybridized carbons (Fsp3) is 0.318. The van der Waals surface area contributed by atoms with Crippen LogP contribution in [-0.2, 0) is 48.1 Å². The lowest BCUT2D eigenvalue weighted by Gasteiger charge is -2.48. The Morgan fingerprint density at radius 1 is 0.661 bits per heavy atom. The Balaban J connectivity index is 1.14. The van der Waals surface area contributed by atoms with Crippen molar-refractivity contribution >= 4 is 34.7 Å². The average Bonchev–Trinajstić information content (AvgIpc) is 3.83. The minimum atomic E-state index is -4.78. The van der Waals surface area contributed by atoms with Crippen molar-refractivity contribution < 1.29 is 53.9 Å². The molecule has 0 N–H and O–H groups in total. The second-order valence-electron chi connectivity index (χ2n) is 15.7. The van der Waals surface area contributed by atoms with Gasteiger partial charge in [-0.1, -0.05) is 48.5 Å². The summed E-state index contributed by atoms with van der Waals surface area (Å²) in [6.45, 7) is 2.32. The van der Waals surface area contributed by atoms with Crippen molar-refractivity contribution in [1.29, 1.82) is 0 Å². The van der Waals surface area contributed by atoms with Crippen LogP contribution in [-0.4, -0.2) is 82.7 Å². The molecule has 324 valence electrons. The number of carbonyl (C=O) groups excluding carboxylic acids is 3. The lowest BCUT2D eigenvalue weighted by Crippen LogP contribution is -2.64. The molecular formula is C44H36F9N5O3S. The van der Waals surface area contributed by atoms with Gasteiger partial charge in [0, 0.05) is 68.1 Å². The van der Waals surface area contributed by atoms with E-state index in [9.17, 15) is 49.1 Å². The Morgan fingerprint density at radius 3 is 1.71 bits per heavy atom. The van der Waals surface area contributed by atoms with Gasteiger partial charge in [0.25, 0.3) is 11.8 Å². The first kappa shape index (κ1) is 42.9. The van der Waals surface area contributed by atoms with E-state index in [1.807, 2.05) is 0 Å². The van der Waals surface area contributed by atoms with E-state index in [0.717, 1.165) is 48.5 Å². The van der Waals surface area contributed by atoms with Crippen LogP contribution in [0.2, 0.25) is 0 Å². The van der Waals surface area contributed by atoms with Crippen LogP contribution in [0.15, 0.2) is 103 Å². The Morgan fingerprint density at radius 2 is 1.19 bits per heavy atom. The highest BCUT2D eigenvalue weighted by Crippen LogP contribution is 2.48. The SMILES string of the molecule is O=C(c1ccc2c(c1)C(Cc1cccc(C(F)(F)F)c1)(Cc1cccc(C(F)(F)F)c1)C(=O)N2Cc1cccc(C(F)(F)F)c1)N1CC(N2CCN(C(=O)c3nccs3)CC2)C1. The van der Waals surface area contributed by atoms with Crippen molar-refractivity contribution in [1.82, 2.24) is 19.7 Å². The first-order valence-electron chi connectivity index (χ1n) is 19.5. The van der Waals surface area contributed by atoms with Gasteiger partial charge in [0.1, 0.15) is 0 Å². The van der Waals surface area contributed by atoms with Gasteiger partial charge in [-0.3, -0.25) is 19.3 Å². The summed E-state index contributed by atoms with van der Waals surface area (Å²) in [7, 11) is 0. The molecule has 3 aliphatic rings. The predicted octanol–water partition coefficient (Wildman–Crippen LogP) is 8.75. The summed E-state index contributed by atoms with van der Waals surface area (Å²) < 4.78 is 125. The number of aromatic nitrogens is 1. The summed E-state index contributed by atoms with van der Waals surface area (Å²) >= 11 is 1.26. The number of likely N-dealkylation sites (tertiary alicyclic amines) is 1. The van der Waals surface area contributed by atoms with Crippen LogP contribution in [0.25, 0.3) is 0 Å². The van der Waals surface area contributed by atoms with E-state index in [1.165, 1.54) is 58.7 Å². The third kappa shape index (κ3) is 8.54. The van der Waals surface area contributed by atoms with Crippen LogP contribution in [0, 0.1) is 0 Å². The number of alkyl halides is 9. The number of anilines is 1. The molecule has 4 heterocycles. The fourth-order valence-electron chi connectivity index (χ4n) is 8.56. The van der Waals surface area contributed by atoms with Gasteiger partial charge in [-0.25, -0.2) is 4.98 Å². The molecule has 8 nitrogen and oxygen atoms in total. The number of rotatable bonds is 9. The molecule has 0 spiro atoms. The summed E-state index contributed by atoms with van der Waals surface area (Å²) in [6.07, 6.45) is -13.6. The summed E-state index contributed by atoms with van der Waals surface area (Å²) in [5.74, 6) is -1.36. The van der Waals surface area contributed by atoms with Gasteiger partial charge in [0.15, 0.2) is 5.01 Å². The van der Waals surface area contributed by atoms with Gasteiger partial charge in [0.05, 0.1) is 28.7 Å². The van der Waals surface area contributed by atoms with E-state index in [2.05, 4.69) is 9.88 Å². The molecule has 0 atom stereocenters. The standard InChI is InChI=1S/C44H36F9N5O3S/c45-42(46,47)31-7-1-4-27(18-31)22-41(23-28-5-2-8-32(19-28)43(48,49)50)35-21-30(10-11-36(35)58(40(41)61)24-29-6-3-9-33(20-29)44(51,52)53)38(59)57-25-34(26-57)55-13-15-56(16-14-55)39(60)37-54-12-17-62-37/h1-12,17-21,34H,13-16,22-26H2. The van der Waals surface area contributed by atoms with E-state index >= 15 is 4.79 Å². The van der Waals surface area contributed by atoms with Crippen molar-refractivity contribution in [2.24, 2.45) is 0 Å². The first-order valence-corrected chi connectivity index (χ1v) is 20.4. The number of benzene rings is 4. The first-order chi connectivity index (χ1) is 29.3. The van der Waals surface area contributed by atoms with Crippen LogP contribution in [0.1, 0.15) is 59.1 Å². The van der Waals surface area contributed by atoms with Gasteiger partial charge < -0.3 is 14.7 Å². The highest BCUT2D eigenvalue weighted by Gasteiger charge is 2.52. The zero-order valence-corrected chi connectivity index (χ0v) is 33.3. The minimum absolute atomic E-state index is 0.0165. The largest absolute Gasteiger partial charge is 0.416 e. The quantitative estimate of drug-likeness (QED) is 0.139. The highest BCUT2D eigenvalue weighted by molar-refractivity contribution is 7.11. The van der Waals surface area contributed by atoms with Gasteiger partial charge in [0.2, 0.25) is 5.91 Å². The number of hydrogen-bond acceptors (Lipinski definition) is 6. The van der Waals surface area contributed by atoms with Crippen LogP contribution >= 0.6 is 11.3 Å². The third-order valence-corrected chi connectivity index (χ3v) is 12.5. The van der Waals surface area contributed by atoms with Crippen LogP contribution in [0.5, 0.6) is 0 Å². The van der Waals surface area contributed by atoms with Gasteiger partial charge in [-0.05, 0) is 77.6 Å².